The number of carbonyl (C=O) groups is 2. The quantitative estimate of drug-likeness (QED) is 0.820. The van der Waals surface area contributed by atoms with Crippen LogP contribution >= 0.6 is 0 Å². The zero-order valence-corrected chi connectivity index (χ0v) is 15.2. The third-order valence-electron chi connectivity index (χ3n) is 4.90. The van der Waals surface area contributed by atoms with Crippen LogP contribution in [0.3, 0.4) is 0 Å². The SMILES string of the molecule is Cc1cc(C)c2cc(C(=O)NCCCN3CCCCCC3=O)[nH]c2c1. The van der Waals surface area contributed by atoms with Gasteiger partial charge in [0.25, 0.3) is 5.91 Å². The second-order valence-electron chi connectivity index (χ2n) is 7.03. The topological polar surface area (TPSA) is 65.2 Å². The number of aromatic amines is 1. The third kappa shape index (κ3) is 4.21. The first-order chi connectivity index (χ1) is 12.0. The first-order valence-electron chi connectivity index (χ1n) is 9.20. The number of benzene rings is 1. The second kappa shape index (κ2) is 7.72. The predicted molar refractivity (Wildman–Crippen MR) is 99.8 cm³/mol. The first-order valence-corrected chi connectivity index (χ1v) is 9.20. The number of likely N-dealkylation sites (tertiary alicyclic amines) is 1. The van der Waals surface area contributed by atoms with E-state index in [4.69, 9.17) is 0 Å². The summed E-state index contributed by atoms with van der Waals surface area (Å²) in [5, 5.41) is 4.04. The van der Waals surface area contributed by atoms with Gasteiger partial charge in [-0.1, -0.05) is 12.5 Å². The van der Waals surface area contributed by atoms with Gasteiger partial charge in [-0.2, -0.15) is 0 Å². The molecule has 0 spiro atoms. The van der Waals surface area contributed by atoms with Crippen molar-refractivity contribution in [2.24, 2.45) is 0 Å². The van der Waals surface area contributed by atoms with Gasteiger partial charge in [0.1, 0.15) is 5.69 Å². The molecule has 0 atom stereocenters. The molecule has 0 radical (unpaired) electrons. The van der Waals surface area contributed by atoms with Crippen LogP contribution in [-0.2, 0) is 4.79 Å². The molecule has 0 bridgehead atoms. The van der Waals surface area contributed by atoms with Crippen molar-refractivity contribution in [3.63, 3.8) is 0 Å². The molecule has 2 amide bonds. The summed E-state index contributed by atoms with van der Waals surface area (Å²) in [6.07, 6.45) is 4.69. The van der Waals surface area contributed by atoms with E-state index in [1.165, 1.54) is 11.1 Å². The number of hydrogen-bond acceptors (Lipinski definition) is 2. The summed E-state index contributed by atoms with van der Waals surface area (Å²) in [5.74, 6) is 0.167. The van der Waals surface area contributed by atoms with Crippen LogP contribution in [-0.4, -0.2) is 41.3 Å². The van der Waals surface area contributed by atoms with E-state index >= 15 is 0 Å². The number of amides is 2. The van der Waals surface area contributed by atoms with Crippen molar-refractivity contribution in [1.29, 1.82) is 0 Å². The fourth-order valence-electron chi connectivity index (χ4n) is 3.56. The van der Waals surface area contributed by atoms with E-state index in [1.807, 2.05) is 11.0 Å². The molecule has 2 aromatic rings. The highest BCUT2D eigenvalue weighted by Crippen LogP contribution is 2.21. The number of nitrogens with zero attached hydrogens (tertiary/aromatic N) is 1. The van der Waals surface area contributed by atoms with Crippen molar-refractivity contribution < 1.29 is 9.59 Å². The minimum Gasteiger partial charge on any atom is -0.351 e. The maximum Gasteiger partial charge on any atom is 0.267 e. The minimum absolute atomic E-state index is 0.0876. The Hall–Kier alpha value is -2.30. The lowest BCUT2D eigenvalue weighted by Crippen LogP contribution is -2.34. The Labute approximate surface area is 148 Å². The molecule has 5 nitrogen and oxygen atoms in total. The molecule has 2 heterocycles. The Morgan fingerprint density at radius 1 is 1.20 bits per heavy atom. The summed E-state index contributed by atoms with van der Waals surface area (Å²) in [5.41, 5.74) is 3.94. The molecule has 0 unspecified atom stereocenters. The molecule has 1 aliphatic rings. The molecule has 1 aliphatic heterocycles. The van der Waals surface area contributed by atoms with Crippen molar-refractivity contribution in [3.05, 3.63) is 35.0 Å². The second-order valence-corrected chi connectivity index (χ2v) is 7.03. The van der Waals surface area contributed by atoms with Gasteiger partial charge in [-0.3, -0.25) is 9.59 Å². The van der Waals surface area contributed by atoms with Gasteiger partial charge in [0.2, 0.25) is 5.91 Å². The van der Waals surface area contributed by atoms with E-state index in [0.717, 1.165) is 49.7 Å². The Balaban J connectivity index is 1.52. The lowest BCUT2D eigenvalue weighted by molar-refractivity contribution is -0.130. The number of rotatable bonds is 5. The molecule has 2 N–H and O–H groups in total. The average molecular weight is 341 g/mol. The van der Waals surface area contributed by atoms with Crippen LogP contribution in [0, 0.1) is 13.8 Å². The number of aryl methyl sites for hydroxylation is 2. The molecule has 0 saturated carbocycles. The maximum absolute atomic E-state index is 12.4. The number of nitrogens with one attached hydrogen (secondary N) is 2. The maximum atomic E-state index is 12.4. The van der Waals surface area contributed by atoms with Crippen molar-refractivity contribution >= 4 is 22.7 Å². The van der Waals surface area contributed by atoms with Gasteiger partial charge in [-0.15, -0.1) is 0 Å². The zero-order valence-electron chi connectivity index (χ0n) is 15.2. The smallest absolute Gasteiger partial charge is 0.267 e. The molecular weight excluding hydrogens is 314 g/mol. The molecule has 5 heteroatoms. The highest BCUT2D eigenvalue weighted by atomic mass is 16.2. The number of carbonyl (C=O) groups excluding carboxylic acids is 2. The van der Waals surface area contributed by atoms with Crippen LogP contribution in [0.1, 0.15) is 53.7 Å². The highest BCUT2D eigenvalue weighted by Gasteiger charge is 2.16. The van der Waals surface area contributed by atoms with Gasteiger partial charge in [0.15, 0.2) is 0 Å². The molecule has 134 valence electrons. The fraction of sp³-hybridized carbons (Fsp3) is 0.500. The minimum atomic E-state index is -0.0876. The molecule has 1 aromatic heterocycles. The Morgan fingerprint density at radius 2 is 2.04 bits per heavy atom. The lowest BCUT2D eigenvalue weighted by atomic mass is 10.1. The lowest BCUT2D eigenvalue weighted by Gasteiger charge is -2.20. The van der Waals surface area contributed by atoms with Crippen LogP contribution in [0.5, 0.6) is 0 Å². The number of aromatic nitrogens is 1. The van der Waals surface area contributed by atoms with Gasteiger partial charge in [0.05, 0.1) is 0 Å². The van der Waals surface area contributed by atoms with Crippen molar-refractivity contribution in [2.75, 3.05) is 19.6 Å². The Morgan fingerprint density at radius 3 is 2.88 bits per heavy atom. The van der Waals surface area contributed by atoms with Gasteiger partial charge in [-0.05, 0) is 56.4 Å². The molecule has 0 aliphatic carbocycles. The van der Waals surface area contributed by atoms with Crippen LogP contribution in [0.2, 0.25) is 0 Å². The number of fused-ring (bicyclic) bond motifs is 1. The van der Waals surface area contributed by atoms with Crippen molar-refractivity contribution in [3.8, 4) is 0 Å². The summed E-state index contributed by atoms with van der Waals surface area (Å²) in [6.45, 7) is 6.27. The van der Waals surface area contributed by atoms with Crippen molar-refractivity contribution in [2.45, 2.75) is 46.0 Å². The summed E-state index contributed by atoms with van der Waals surface area (Å²) < 4.78 is 0. The normalized spacial score (nSPS) is 15.4. The van der Waals surface area contributed by atoms with Crippen LogP contribution < -0.4 is 5.32 Å². The Kier molecular flexibility index (Phi) is 5.41. The highest BCUT2D eigenvalue weighted by molar-refractivity contribution is 5.98. The van der Waals surface area contributed by atoms with Crippen LogP contribution in [0.4, 0.5) is 0 Å². The Bertz CT molecular complexity index is 779. The fourth-order valence-corrected chi connectivity index (χ4v) is 3.56. The summed E-state index contributed by atoms with van der Waals surface area (Å²) in [7, 11) is 0. The first kappa shape index (κ1) is 17.5. The molecule has 1 fully saturated rings. The molecule has 1 saturated heterocycles. The van der Waals surface area contributed by atoms with E-state index in [9.17, 15) is 9.59 Å². The summed E-state index contributed by atoms with van der Waals surface area (Å²) in [4.78, 5) is 29.5. The van der Waals surface area contributed by atoms with Gasteiger partial charge in [0, 0.05) is 37.0 Å². The molecular formula is C20H27N3O2. The molecule has 25 heavy (non-hydrogen) atoms. The van der Waals surface area contributed by atoms with Crippen LogP contribution in [0.15, 0.2) is 18.2 Å². The zero-order chi connectivity index (χ0) is 17.8. The molecule has 1 aromatic carbocycles. The number of hydrogen-bond donors (Lipinski definition) is 2. The van der Waals surface area contributed by atoms with E-state index in [1.54, 1.807) is 0 Å². The van der Waals surface area contributed by atoms with Gasteiger partial charge in [-0.25, -0.2) is 0 Å². The average Bonchev–Trinajstić information content (AvgIpc) is 2.89. The van der Waals surface area contributed by atoms with Crippen LogP contribution in [0.25, 0.3) is 10.9 Å². The molecule has 3 rings (SSSR count). The standard InChI is InChI=1S/C20H27N3O2/c1-14-11-15(2)16-13-18(22-17(16)12-14)20(25)21-8-6-10-23-9-5-3-4-7-19(23)24/h11-13,22H,3-10H2,1-2H3,(H,21,25). The number of H-pyrrole nitrogens is 1. The van der Waals surface area contributed by atoms with E-state index in [-0.39, 0.29) is 11.8 Å². The van der Waals surface area contributed by atoms with Gasteiger partial charge < -0.3 is 15.2 Å². The third-order valence-corrected chi connectivity index (χ3v) is 4.90. The van der Waals surface area contributed by atoms with E-state index in [0.29, 0.717) is 18.7 Å². The van der Waals surface area contributed by atoms with E-state index < -0.39 is 0 Å². The summed E-state index contributed by atoms with van der Waals surface area (Å²) in [6, 6.07) is 6.10. The summed E-state index contributed by atoms with van der Waals surface area (Å²) >= 11 is 0. The van der Waals surface area contributed by atoms with E-state index in [2.05, 4.69) is 36.3 Å². The largest absolute Gasteiger partial charge is 0.351 e. The van der Waals surface area contributed by atoms with Crippen molar-refractivity contribution in [1.82, 2.24) is 15.2 Å². The predicted octanol–water partition coefficient (Wildman–Crippen LogP) is 3.31. The monoisotopic (exact) mass is 341 g/mol. The van der Waals surface area contributed by atoms with Gasteiger partial charge >= 0.3 is 0 Å².